The fraction of sp³-hybridized carbons (Fsp3) is 0.315. The molecule has 2 amide bonds. The molecule has 0 aliphatic carbocycles. The molecule has 352 valence electrons. The molecule has 5 N–H and O–H groups in total. The molecule has 11 rings (SSSR count). The smallest absolute Gasteiger partial charge is 0.336 e. The number of nitrogens with one attached hydrogen (secondary N) is 2. The zero-order chi connectivity index (χ0) is 47.6. The number of carboxylic acid groups (broad SMARTS) is 1. The van der Waals surface area contributed by atoms with Crippen molar-refractivity contribution in [1.29, 1.82) is 0 Å². The largest absolute Gasteiger partial charge is 0.478 e. The number of sulfonamides is 1. The van der Waals surface area contributed by atoms with Crippen molar-refractivity contribution in [2.45, 2.75) is 76.0 Å². The Balaban J connectivity index is 0.824. The van der Waals surface area contributed by atoms with Gasteiger partial charge in [-0.15, -0.1) is 0 Å². The van der Waals surface area contributed by atoms with E-state index in [0.717, 1.165) is 122 Å². The first-order valence-electron chi connectivity index (χ1n) is 24.0. The molecular formula is C54H54N7O7S+. The van der Waals surface area contributed by atoms with E-state index in [2.05, 4.69) is 32.2 Å². The van der Waals surface area contributed by atoms with Crippen LogP contribution in [0.4, 0.5) is 5.69 Å². The Morgan fingerprint density at radius 3 is 2.29 bits per heavy atom. The lowest BCUT2D eigenvalue weighted by Gasteiger charge is -2.39. The lowest BCUT2D eigenvalue weighted by molar-refractivity contribution is -0.121. The highest BCUT2D eigenvalue weighted by molar-refractivity contribution is 7.89. The normalized spacial score (nSPS) is 15.6. The SMILES string of the molecule is Cc1ccc(-c2cc(CCC(=O)NCCNC(=O)c3ccc(C4=c5cc6c7c(c5Oc5c4cc4c8c5CCCN8CCC4)CCC[N+]=7CCC6)c(C(=O)O)c3)nn2-c2ccc(S(N)(=O)=O)cc2)cc1. The van der Waals surface area contributed by atoms with Gasteiger partial charge in [-0.05, 0) is 111 Å². The second kappa shape index (κ2) is 17.8. The topological polar surface area (TPSA) is 189 Å². The molecule has 0 fully saturated rings. The predicted octanol–water partition coefficient (Wildman–Crippen LogP) is 5.11. The third-order valence-electron chi connectivity index (χ3n) is 14.3. The van der Waals surface area contributed by atoms with E-state index >= 15 is 0 Å². The molecule has 15 heteroatoms. The second-order valence-corrected chi connectivity index (χ2v) is 20.4. The lowest BCUT2D eigenvalue weighted by Crippen LogP contribution is -2.45. The number of rotatable bonds is 12. The van der Waals surface area contributed by atoms with Crippen LogP contribution in [-0.4, -0.2) is 80.4 Å². The molecule has 6 aromatic rings. The fourth-order valence-electron chi connectivity index (χ4n) is 11.2. The van der Waals surface area contributed by atoms with Gasteiger partial charge >= 0.3 is 5.97 Å². The average Bonchev–Trinajstić information content (AvgIpc) is 3.79. The molecular weight excluding hydrogens is 891 g/mol. The highest BCUT2D eigenvalue weighted by atomic mass is 32.2. The molecule has 0 bridgehead atoms. The molecule has 0 unspecified atom stereocenters. The average molecular weight is 945 g/mol. The number of fused-ring (bicyclic) bond motifs is 4. The minimum atomic E-state index is -3.87. The highest BCUT2D eigenvalue weighted by Gasteiger charge is 2.36. The third-order valence-corrected chi connectivity index (χ3v) is 15.3. The van der Waals surface area contributed by atoms with Crippen LogP contribution in [0.5, 0.6) is 11.5 Å². The van der Waals surface area contributed by atoms with Crippen molar-refractivity contribution in [2.75, 3.05) is 44.2 Å². The fourth-order valence-corrected chi connectivity index (χ4v) is 11.7. The Morgan fingerprint density at radius 1 is 0.797 bits per heavy atom. The molecule has 0 spiro atoms. The first kappa shape index (κ1) is 44.4. The van der Waals surface area contributed by atoms with Crippen LogP contribution in [0.15, 0.2) is 89.8 Å². The Labute approximate surface area is 400 Å². The third kappa shape index (κ3) is 8.26. The minimum Gasteiger partial charge on any atom is -0.478 e. The van der Waals surface area contributed by atoms with E-state index in [9.17, 15) is 27.9 Å². The first-order chi connectivity index (χ1) is 33.4. The van der Waals surface area contributed by atoms with Gasteiger partial charge in [0.15, 0.2) is 0 Å². The van der Waals surface area contributed by atoms with Crippen LogP contribution in [-0.2, 0) is 46.9 Å². The predicted molar refractivity (Wildman–Crippen MR) is 262 cm³/mol. The zero-order valence-corrected chi connectivity index (χ0v) is 39.4. The molecule has 0 atom stereocenters. The van der Waals surface area contributed by atoms with Crippen LogP contribution in [0.3, 0.4) is 0 Å². The maximum atomic E-state index is 13.7. The van der Waals surface area contributed by atoms with Crippen molar-refractivity contribution in [3.05, 3.63) is 151 Å². The van der Waals surface area contributed by atoms with E-state index in [1.807, 2.05) is 37.3 Å². The van der Waals surface area contributed by atoms with Gasteiger partial charge in [0.1, 0.15) is 24.6 Å². The quantitative estimate of drug-likeness (QED) is 0.0954. The van der Waals surface area contributed by atoms with Crippen LogP contribution < -0.4 is 40.6 Å². The Bertz CT molecular complexity index is 3370. The number of aromatic carboxylic acids is 1. The highest BCUT2D eigenvalue weighted by Crippen LogP contribution is 2.49. The van der Waals surface area contributed by atoms with E-state index in [-0.39, 0.29) is 41.4 Å². The Hall–Kier alpha value is -7.10. The summed E-state index contributed by atoms with van der Waals surface area (Å²) in [4.78, 5) is 42.6. The summed E-state index contributed by atoms with van der Waals surface area (Å²) in [6, 6.07) is 25.5. The van der Waals surface area contributed by atoms with Crippen LogP contribution in [0.1, 0.15) is 97.5 Å². The number of carbonyl (C=O) groups is 3. The molecule has 5 aliphatic heterocycles. The van der Waals surface area contributed by atoms with E-state index in [1.165, 1.54) is 51.5 Å². The molecule has 5 aliphatic rings. The van der Waals surface area contributed by atoms with Crippen LogP contribution in [0, 0.1) is 6.92 Å². The van der Waals surface area contributed by atoms with E-state index in [0.29, 0.717) is 23.4 Å². The maximum absolute atomic E-state index is 13.7. The zero-order valence-electron chi connectivity index (χ0n) is 38.6. The van der Waals surface area contributed by atoms with Gasteiger partial charge < -0.3 is 25.4 Å². The van der Waals surface area contributed by atoms with Gasteiger partial charge in [0.25, 0.3) is 5.91 Å². The summed E-state index contributed by atoms with van der Waals surface area (Å²) in [7, 11) is -3.87. The van der Waals surface area contributed by atoms with Crippen molar-refractivity contribution >= 4 is 39.1 Å². The molecule has 0 saturated heterocycles. The second-order valence-electron chi connectivity index (χ2n) is 18.9. The van der Waals surface area contributed by atoms with E-state index < -0.39 is 21.9 Å². The molecule has 69 heavy (non-hydrogen) atoms. The number of aromatic nitrogens is 2. The molecule has 0 radical (unpaired) electrons. The standard InChI is InChI=1S/C54H53N7O7S/c1-32-10-12-33(13-11-32)46-31-37(58-61(46)38-16-18-39(19-17-38)69(55,66)67)15-21-47(62)56-22-23-57-53(63)36-14-20-40(43(30-36)54(64)65)48-44-28-34-6-2-24-59-26-4-8-41(49(34)59)51(44)68-52-42-9-5-27-60-25-3-7-35(50(42)60)29-45(48)52/h10-14,16-20,28-31H,2-9,15,21-27H2,1H3,(H4-,55,56,57,62,63,64,65,66,67)/p+1. The number of anilines is 1. The summed E-state index contributed by atoms with van der Waals surface area (Å²) in [5.74, 6) is -0.126. The lowest BCUT2D eigenvalue weighted by atomic mass is 9.81. The van der Waals surface area contributed by atoms with Gasteiger partial charge in [0.2, 0.25) is 21.3 Å². The summed E-state index contributed by atoms with van der Waals surface area (Å²) >= 11 is 0. The van der Waals surface area contributed by atoms with Gasteiger partial charge in [-0.25, -0.2) is 27.6 Å². The van der Waals surface area contributed by atoms with Crippen molar-refractivity contribution in [1.82, 2.24) is 25.0 Å². The number of amides is 2. The molecule has 1 aromatic heterocycles. The van der Waals surface area contributed by atoms with Crippen molar-refractivity contribution in [3.63, 3.8) is 0 Å². The van der Waals surface area contributed by atoms with Crippen LogP contribution in [0.2, 0.25) is 0 Å². The molecule has 5 aromatic carbocycles. The first-order valence-corrected chi connectivity index (χ1v) is 25.6. The van der Waals surface area contributed by atoms with Crippen molar-refractivity contribution < 1.29 is 32.6 Å². The summed E-state index contributed by atoms with van der Waals surface area (Å²) in [5.41, 5.74) is 12.9. The number of carboxylic acids is 1. The summed E-state index contributed by atoms with van der Waals surface area (Å²) in [6.07, 6.45) is 8.34. The number of ether oxygens (including phenoxy) is 1. The van der Waals surface area contributed by atoms with Gasteiger partial charge in [0, 0.05) is 96.2 Å². The number of nitrogens with zero attached hydrogens (tertiary/aromatic N) is 4. The number of hydrogen-bond acceptors (Lipinski definition) is 8. The summed E-state index contributed by atoms with van der Waals surface area (Å²) < 4.78 is 35.1. The number of aryl methyl sites for hydroxylation is 4. The van der Waals surface area contributed by atoms with E-state index in [1.54, 1.807) is 28.9 Å². The van der Waals surface area contributed by atoms with Gasteiger partial charge in [0.05, 0.1) is 33.1 Å². The molecule has 6 heterocycles. The Morgan fingerprint density at radius 2 is 1.52 bits per heavy atom. The molecule has 0 saturated carbocycles. The van der Waals surface area contributed by atoms with Gasteiger partial charge in [-0.1, -0.05) is 35.9 Å². The van der Waals surface area contributed by atoms with Crippen molar-refractivity contribution in [2.24, 2.45) is 5.14 Å². The van der Waals surface area contributed by atoms with Gasteiger partial charge in [-0.3, -0.25) is 9.59 Å². The number of primary sulfonamides is 1. The maximum Gasteiger partial charge on any atom is 0.336 e. The van der Waals surface area contributed by atoms with Crippen molar-refractivity contribution in [3.8, 4) is 28.4 Å². The minimum absolute atomic E-state index is 0.00904. The van der Waals surface area contributed by atoms with Gasteiger partial charge in [-0.2, -0.15) is 5.10 Å². The van der Waals surface area contributed by atoms with E-state index in [4.69, 9.17) is 15.0 Å². The number of benzene rings is 5. The summed E-state index contributed by atoms with van der Waals surface area (Å²) in [6.45, 7) is 6.38. The van der Waals surface area contributed by atoms with Crippen LogP contribution in [0.25, 0.3) is 22.5 Å². The van der Waals surface area contributed by atoms with Crippen LogP contribution >= 0.6 is 0 Å². The number of hydrogen-bond donors (Lipinski definition) is 4. The molecule has 14 nitrogen and oxygen atoms in total. The number of carbonyl (C=O) groups excluding carboxylic acids is 2. The summed E-state index contributed by atoms with van der Waals surface area (Å²) in [5, 5.41) is 28.9. The monoisotopic (exact) mass is 944 g/mol. The number of nitrogens with two attached hydrogens (primary N) is 1. The Kier molecular flexibility index (Phi) is 11.4.